The number of pyridine rings is 1. The smallest absolute Gasteiger partial charge is 0.255 e. The highest BCUT2D eigenvalue weighted by molar-refractivity contribution is 5.99. The molecule has 3 aromatic rings. The number of rotatable bonds is 9. The SMILES string of the molecule is COc1ccc(CCNC(=O)c2cccnc2N2CCN(C(=O)[C@H]3C[C@H]3c3ccccc3)CC2)cc1OC. The number of nitrogens with one attached hydrogen (secondary N) is 1. The molecular formula is C30H34N4O4. The average molecular weight is 515 g/mol. The summed E-state index contributed by atoms with van der Waals surface area (Å²) in [5.41, 5.74) is 2.84. The normalized spacial score (nSPS) is 18.6. The maximum Gasteiger partial charge on any atom is 0.255 e. The molecule has 2 fully saturated rings. The summed E-state index contributed by atoms with van der Waals surface area (Å²) in [4.78, 5) is 34.8. The summed E-state index contributed by atoms with van der Waals surface area (Å²) in [6, 6.07) is 19.6. The topological polar surface area (TPSA) is 84.0 Å². The van der Waals surface area contributed by atoms with Crippen molar-refractivity contribution in [1.29, 1.82) is 0 Å². The lowest BCUT2D eigenvalue weighted by atomic mass is 10.1. The first-order valence-corrected chi connectivity index (χ1v) is 13.1. The highest BCUT2D eigenvalue weighted by atomic mass is 16.5. The number of hydrogen-bond acceptors (Lipinski definition) is 6. The number of amides is 2. The molecule has 8 nitrogen and oxygen atoms in total. The molecule has 8 heteroatoms. The summed E-state index contributed by atoms with van der Waals surface area (Å²) in [6.45, 7) is 3.05. The van der Waals surface area contributed by atoms with Gasteiger partial charge in [-0.05, 0) is 54.2 Å². The lowest BCUT2D eigenvalue weighted by molar-refractivity contribution is -0.133. The van der Waals surface area contributed by atoms with E-state index in [2.05, 4.69) is 27.3 Å². The van der Waals surface area contributed by atoms with Gasteiger partial charge in [0.15, 0.2) is 11.5 Å². The van der Waals surface area contributed by atoms with Crippen LogP contribution in [-0.4, -0.2) is 68.6 Å². The van der Waals surface area contributed by atoms with Gasteiger partial charge in [0.25, 0.3) is 5.91 Å². The Morgan fingerprint density at radius 1 is 0.947 bits per heavy atom. The Labute approximate surface area is 223 Å². The maximum absolute atomic E-state index is 13.1. The molecule has 1 saturated carbocycles. The van der Waals surface area contributed by atoms with Crippen LogP contribution in [0.1, 0.15) is 33.8 Å². The predicted octanol–water partition coefficient (Wildman–Crippen LogP) is 3.52. The van der Waals surface area contributed by atoms with Crippen molar-refractivity contribution in [2.45, 2.75) is 18.8 Å². The Kier molecular flexibility index (Phi) is 7.77. The molecule has 5 rings (SSSR count). The van der Waals surface area contributed by atoms with Crippen LogP contribution in [0.25, 0.3) is 0 Å². The summed E-state index contributed by atoms with van der Waals surface area (Å²) in [5.74, 6) is 2.52. The van der Waals surface area contributed by atoms with E-state index in [1.54, 1.807) is 32.5 Å². The van der Waals surface area contributed by atoms with Crippen molar-refractivity contribution in [3.8, 4) is 11.5 Å². The van der Waals surface area contributed by atoms with Gasteiger partial charge in [-0.2, -0.15) is 0 Å². The Balaban J connectivity index is 1.15. The fourth-order valence-electron chi connectivity index (χ4n) is 5.19. The summed E-state index contributed by atoms with van der Waals surface area (Å²) >= 11 is 0. The summed E-state index contributed by atoms with van der Waals surface area (Å²) < 4.78 is 10.7. The number of carbonyl (C=O) groups is 2. The minimum absolute atomic E-state index is 0.0887. The molecule has 0 radical (unpaired) electrons. The van der Waals surface area contributed by atoms with Gasteiger partial charge >= 0.3 is 0 Å². The third-order valence-corrected chi connectivity index (χ3v) is 7.40. The summed E-state index contributed by atoms with van der Waals surface area (Å²) in [6.07, 6.45) is 3.30. The Morgan fingerprint density at radius 2 is 1.71 bits per heavy atom. The molecule has 1 aliphatic carbocycles. The van der Waals surface area contributed by atoms with Crippen LogP contribution >= 0.6 is 0 Å². The van der Waals surface area contributed by atoms with E-state index in [4.69, 9.17) is 9.47 Å². The van der Waals surface area contributed by atoms with E-state index >= 15 is 0 Å². The zero-order chi connectivity index (χ0) is 26.5. The van der Waals surface area contributed by atoms with Crippen molar-refractivity contribution in [3.05, 3.63) is 83.6 Å². The van der Waals surface area contributed by atoms with E-state index in [0.717, 1.165) is 12.0 Å². The number of hydrogen-bond donors (Lipinski definition) is 1. The number of piperazine rings is 1. The highest BCUT2D eigenvalue weighted by Crippen LogP contribution is 2.48. The molecule has 1 N–H and O–H groups in total. The van der Waals surface area contributed by atoms with Gasteiger partial charge in [0, 0.05) is 44.8 Å². The molecule has 1 aliphatic heterocycles. The van der Waals surface area contributed by atoms with Gasteiger partial charge in [0.2, 0.25) is 5.91 Å². The third kappa shape index (κ3) is 5.59. The van der Waals surface area contributed by atoms with Gasteiger partial charge in [-0.25, -0.2) is 4.98 Å². The minimum atomic E-state index is -0.157. The lowest BCUT2D eigenvalue weighted by Crippen LogP contribution is -2.50. The van der Waals surface area contributed by atoms with Crippen molar-refractivity contribution < 1.29 is 19.1 Å². The largest absolute Gasteiger partial charge is 0.493 e. The van der Waals surface area contributed by atoms with Crippen LogP contribution in [-0.2, 0) is 11.2 Å². The van der Waals surface area contributed by atoms with Gasteiger partial charge in [-0.15, -0.1) is 0 Å². The number of anilines is 1. The van der Waals surface area contributed by atoms with Gasteiger partial charge in [0.05, 0.1) is 19.8 Å². The van der Waals surface area contributed by atoms with Crippen molar-refractivity contribution in [1.82, 2.24) is 15.2 Å². The molecule has 2 amide bonds. The van der Waals surface area contributed by atoms with Gasteiger partial charge < -0.3 is 24.6 Å². The number of nitrogens with zero attached hydrogens (tertiary/aromatic N) is 3. The highest BCUT2D eigenvalue weighted by Gasteiger charge is 2.46. The first-order valence-electron chi connectivity index (χ1n) is 13.1. The Bertz CT molecular complexity index is 1270. The average Bonchev–Trinajstić information content (AvgIpc) is 3.78. The van der Waals surface area contributed by atoms with Gasteiger partial charge in [-0.1, -0.05) is 36.4 Å². The van der Waals surface area contributed by atoms with Crippen LogP contribution in [0.5, 0.6) is 11.5 Å². The Morgan fingerprint density at radius 3 is 2.45 bits per heavy atom. The molecule has 0 bridgehead atoms. The zero-order valence-corrected chi connectivity index (χ0v) is 21.9. The fourth-order valence-corrected chi connectivity index (χ4v) is 5.19. The quantitative estimate of drug-likeness (QED) is 0.471. The van der Waals surface area contributed by atoms with Crippen LogP contribution in [0, 0.1) is 5.92 Å². The minimum Gasteiger partial charge on any atom is -0.493 e. The molecule has 2 heterocycles. The molecule has 1 saturated heterocycles. The van der Waals surface area contributed by atoms with Gasteiger partial charge in [-0.3, -0.25) is 9.59 Å². The van der Waals surface area contributed by atoms with Crippen molar-refractivity contribution >= 4 is 17.6 Å². The molecule has 2 atom stereocenters. The van der Waals surface area contributed by atoms with Crippen LogP contribution in [0.15, 0.2) is 66.9 Å². The summed E-state index contributed by atoms with van der Waals surface area (Å²) in [5, 5.41) is 3.02. The second-order valence-corrected chi connectivity index (χ2v) is 9.74. The second kappa shape index (κ2) is 11.5. The predicted molar refractivity (Wildman–Crippen MR) is 146 cm³/mol. The second-order valence-electron chi connectivity index (χ2n) is 9.74. The maximum atomic E-state index is 13.1. The number of aromatic nitrogens is 1. The molecule has 38 heavy (non-hydrogen) atoms. The third-order valence-electron chi connectivity index (χ3n) is 7.40. The fraction of sp³-hybridized carbons (Fsp3) is 0.367. The molecule has 198 valence electrons. The Hall–Kier alpha value is -4.07. The summed E-state index contributed by atoms with van der Waals surface area (Å²) in [7, 11) is 3.21. The molecule has 2 aliphatic rings. The number of carbonyl (C=O) groups excluding carboxylic acids is 2. The molecule has 2 aromatic carbocycles. The molecule has 0 unspecified atom stereocenters. The first-order chi connectivity index (χ1) is 18.6. The van der Waals surface area contributed by atoms with E-state index in [1.165, 1.54) is 5.56 Å². The number of ether oxygens (including phenoxy) is 2. The molecular weight excluding hydrogens is 480 g/mol. The van der Waals surface area contributed by atoms with E-state index in [-0.39, 0.29) is 17.7 Å². The first kappa shape index (κ1) is 25.6. The van der Waals surface area contributed by atoms with Crippen molar-refractivity contribution in [2.24, 2.45) is 5.92 Å². The number of methoxy groups -OCH3 is 2. The van der Waals surface area contributed by atoms with Crippen LogP contribution in [0.2, 0.25) is 0 Å². The standard InChI is InChI=1S/C30H34N4O4/c1-37-26-11-10-21(19-27(26)38-2)12-14-32-29(35)23-9-6-13-31-28(23)33-15-17-34(18-16-33)30(36)25-20-24(25)22-7-4-3-5-8-22/h3-11,13,19,24-25H,12,14-18,20H2,1-2H3,(H,32,35)/t24-,25-/m0/s1. The molecule has 1 aromatic heterocycles. The van der Waals surface area contributed by atoms with Crippen LogP contribution in [0.3, 0.4) is 0 Å². The lowest BCUT2D eigenvalue weighted by Gasteiger charge is -2.36. The van der Waals surface area contributed by atoms with E-state index < -0.39 is 0 Å². The van der Waals surface area contributed by atoms with Gasteiger partial charge in [0.1, 0.15) is 5.82 Å². The number of benzene rings is 2. The van der Waals surface area contributed by atoms with Crippen molar-refractivity contribution in [2.75, 3.05) is 51.8 Å². The van der Waals surface area contributed by atoms with E-state index in [0.29, 0.717) is 67.9 Å². The molecule has 0 spiro atoms. The van der Waals surface area contributed by atoms with Crippen molar-refractivity contribution in [3.63, 3.8) is 0 Å². The van der Waals surface area contributed by atoms with Crippen LogP contribution < -0.4 is 19.7 Å². The monoisotopic (exact) mass is 514 g/mol. The van der Waals surface area contributed by atoms with Crippen LogP contribution in [0.4, 0.5) is 5.82 Å². The van der Waals surface area contributed by atoms with E-state index in [1.807, 2.05) is 41.3 Å². The zero-order valence-electron chi connectivity index (χ0n) is 21.9. The van der Waals surface area contributed by atoms with E-state index in [9.17, 15) is 9.59 Å².